The smallest absolute Gasteiger partial charge is 0.266 e. The molecule has 0 spiro atoms. The van der Waals surface area contributed by atoms with Crippen molar-refractivity contribution < 1.29 is 8.42 Å². The van der Waals surface area contributed by atoms with Gasteiger partial charge >= 0.3 is 0 Å². The molecule has 1 fully saturated rings. The highest BCUT2D eigenvalue weighted by atomic mass is 35.5. The average Bonchev–Trinajstić information content (AvgIpc) is 3.40. The maximum Gasteiger partial charge on any atom is 0.266 e. The standard InChI is InChI=1S/C35H39Cl2N5O2S/c1-41(2)33(38)39-34-40-45(43,44)35(28-10-14-30(37)15-11-28)17-16-24(23-42(34)19-18-35)20-25-21-31(26-6-4-3-5-7-26)32(22-25)27-8-12-29(36)13-9-27/h3-15,22,24-25,31H,16-21,23H2,1-2H3,(H2,38,39,40). The Hall–Kier alpha value is -3.33. The number of hydrogen-bond donors (Lipinski definition) is 1. The van der Waals surface area contributed by atoms with Gasteiger partial charge in [0.25, 0.3) is 10.0 Å². The molecule has 1 aliphatic carbocycles. The molecule has 0 aromatic heterocycles. The van der Waals surface area contributed by atoms with Crippen molar-refractivity contribution in [3.8, 4) is 0 Å². The molecule has 3 aromatic rings. The van der Waals surface area contributed by atoms with Gasteiger partial charge in [0.2, 0.25) is 5.96 Å². The minimum absolute atomic E-state index is 0.162. The van der Waals surface area contributed by atoms with Gasteiger partial charge < -0.3 is 15.5 Å². The number of hydrogen-bond acceptors (Lipinski definition) is 4. The first-order chi connectivity index (χ1) is 21.5. The third kappa shape index (κ3) is 6.51. The summed E-state index contributed by atoms with van der Waals surface area (Å²) in [6.45, 7) is 1.16. The highest BCUT2D eigenvalue weighted by molar-refractivity contribution is 7.91. The van der Waals surface area contributed by atoms with Crippen LogP contribution in [0.3, 0.4) is 0 Å². The van der Waals surface area contributed by atoms with Crippen LogP contribution >= 0.6 is 23.2 Å². The molecule has 7 nitrogen and oxygen atoms in total. The highest BCUT2D eigenvalue weighted by Gasteiger charge is 2.49. The molecule has 45 heavy (non-hydrogen) atoms. The maximum atomic E-state index is 14.2. The summed E-state index contributed by atoms with van der Waals surface area (Å²) in [5, 5.41) is 1.29. The van der Waals surface area contributed by atoms with E-state index in [1.165, 1.54) is 16.7 Å². The maximum absolute atomic E-state index is 14.2. The van der Waals surface area contributed by atoms with Crippen LogP contribution in [0.1, 0.15) is 54.7 Å². The van der Waals surface area contributed by atoms with Crippen molar-refractivity contribution in [1.29, 1.82) is 0 Å². The Balaban J connectivity index is 1.36. The Labute approximate surface area is 276 Å². The van der Waals surface area contributed by atoms with Crippen molar-refractivity contribution >= 4 is 50.7 Å². The zero-order chi connectivity index (χ0) is 31.8. The second kappa shape index (κ2) is 12.8. The third-order valence-corrected chi connectivity index (χ3v) is 12.1. The number of sulfonamides is 1. The van der Waals surface area contributed by atoms with Crippen LogP contribution in [0.15, 0.2) is 94.3 Å². The number of halogens is 2. The van der Waals surface area contributed by atoms with Crippen LogP contribution in [0.5, 0.6) is 0 Å². The van der Waals surface area contributed by atoms with Gasteiger partial charge in [0.1, 0.15) is 4.75 Å². The molecule has 4 atom stereocenters. The molecule has 3 aromatic carbocycles. The van der Waals surface area contributed by atoms with Crippen LogP contribution in [0.4, 0.5) is 0 Å². The number of aliphatic imine (C=N–C) groups is 1. The first-order valence-corrected chi connectivity index (χ1v) is 17.6. The molecule has 2 N–H and O–H groups in total. The van der Waals surface area contributed by atoms with Crippen LogP contribution < -0.4 is 5.73 Å². The Bertz CT molecular complexity index is 1720. The van der Waals surface area contributed by atoms with E-state index in [0.29, 0.717) is 36.9 Å². The van der Waals surface area contributed by atoms with E-state index < -0.39 is 14.8 Å². The fourth-order valence-corrected chi connectivity index (χ4v) is 9.10. The van der Waals surface area contributed by atoms with Gasteiger partial charge in [-0.3, -0.25) is 0 Å². The van der Waals surface area contributed by atoms with Crippen molar-refractivity contribution in [1.82, 2.24) is 9.80 Å². The minimum Gasteiger partial charge on any atom is -0.369 e. The monoisotopic (exact) mass is 663 g/mol. The van der Waals surface area contributed by atoms with Gasteiger partial charge in [-0.05, 0) is 90.5 Å². The number of guanidine groups is 2. The fourth-order valence-electron chi connectivity index (χ4n) is 7.14. The quantitative estimate of drug-likeness (QED) is 0.231. The first kappa shape index (κ1) is 31.6. The summed E-state index contributed by atoms with van der Waals surface area (Å²) in [6, 6.07) is 26.0. The number of allylic oxidation sites excluding steroid dienone is 2. The molecule has 2 aliphatic heterocycles. The van der Waals surface area contributed by atoms with E-state index in [2.05, 4.69) is 57.9 Å². The topological polar surface area (TPSA) is 91.4 Å². The van der Waals surface area contributed by atoms with Crippen LogP contribution in [-0.4, -0.2) is 57.3 Å². The molecular formula is C35H39Cl2N5O2S. The predicted molar refractivity (Wildman–Crippen MR) is 185 cm³/mol. The fraction of sp³-hybridized carbons (Fsp3) is 0.371. The van der Waals surface area contributed by atoms with Gasteiger partial charge in [0, 0.05) is 43.1 Å². The summed E-state index contributed by atoms with van der Waals surface area (Å²) in [5.74, 6) is 1.18. The summed E-state index contributed by atoms with van der Waals surface area (Å²) >= 11 is 12.5. The van der Waals surface area contributed by atoms with Crippen molar-refractivity contribution in [3.63, 3.8) is 0 Å². The van der Waals surface area contributed by atoms with Crippen molar-refractivity contribution in [3.05, 3.63) is 112 Å². The van der Waals surface area contributed by atoms with E-state index in [1.54, 1.807) is 31.1 Å². The van der Waals surface area contributed by atoms with Gasteiger partial charge in [-0.15, -0.1) is 4.40 Å². The molecule has 0 amide bonds. The van der Waals surface area contributed by atoms with E-state index in [4.69, 9.17) is 28.9 Å². The first-order valence-electron chi connectivity index (χ1n) is 15.4. The lowest BCUT2D eigenvalue weighted by molar-refractivity contribution is 0.236. The normalized spacial score (nSPS) is 26.4. The Morgan fingerprint density at radius 1 is 1.00 bits per heavy atom. The molecule has 10 heteroatoms. The van der Waals surface area contributed by atoms with Gasteiger partial charge in [-0.25, -0.2) is 8.42 Å². The lowest BCUT2D eigenvalue weighted by Gasteiger charge is -2.37. The molecule has 0 saturated carbocycles. The molecule has 1 saturated heterocycles. The molecule has 0 radical (unpaired) electrons. The molecule has 6 rings (SSSR count). The van der Waals surface area contributed by atoms with Gasteiger partial charge in [-0.1, -0.05) is 83.9 Å². The summed E-state index contributed by atoms with van der Waals surface area (Å²) in [6.07, 6.45) is 5.98. The second-order valence-electron chi connectivity index (χ2n) is 12.7. The van der Waals surface area contributed by atoms with Crippen LogP contribution in [-0.2, 0) is 14.8 Å². The van der Waals surface area contributed by atoms with Crippen molar-refractivity contribution in [2.45, 2.75) is 42.8 Å². The van der Waals surface area contributed by atoms with E-state index in [9.17, 15) is 8.42 Å². The van der Waals surface area contributed by atoms with Gasteiger partial charge in [0.15, 0.2) is 5.96 Å². The van der Waals surface area contributed by atoms with E-state index >= 15 is 0 Å². The van der Waals surface area contributed by atoms with Gasteiger partial charge in [-0.2, -0.15) is 4.99 Å². The zero-order valence-electron chi connectivity index (χ0n) is 25.6. The number of fused-ring (bicyclic) bond motifs is 3. The summed E-state index contributed by atoms with van der Waals surface area (Å²) in [4.78, 5) is 8.23. The molecule has 2 heterocycles. The Kier molecular flexibility index (Phi) is 9.01. The summed E-state index contributed by atoms with van der Waals surface area (Å²) in [5.41, 5.74) is 10.7. The number of benzene rings is 3. The summed E-state index contributed by atoms with van der Waals surface area (Å²) < 4.78 is 31.7. The number of nitrogens with two attached hydrogens (primary N) is 1. The molecule has 3 aliphatic rings. The molecule has 4 unspecified atom stereocenters. The van der Waals surface area contributed by atoms with Crippen LogP contribution in [0.25, 0.3) is 5.57 Å². The van der Waals surface area contributed by atoms with Crippen molar-refractivity contribution in [2.24, 2.45) is 27.0 Å². The van der Waals surface area contributed by atoms with Gasteiger partial charge in [0.05, 0.1) is 0 Å². The Morgan fingerprint density at radius 3 is 2.33 bits per heavy atom. The summed E-state index contributed by atoms with van der Waals surface area (Å²) in [7, 11) is -0.449. The zero-order valence-corrected chi connectivity index (χ0v) is 27.9. The molecular weight excluding hydrogens is 625 g/mol. The number of nitrogens with zero attached hydrogens (tertiary/aromatic N) is 4. The Morgan fingerprint density at radius 2 is 1.67 bits per heavy atom. The van der Waals surface area contributed by atoms with E-state index in [0.717, 1.165) is 29.8 Å². The van der Waals surface area contributed by atoms with E-state index in [-0.39, 0.29) is 23.8 Å². The minimum atomic E-state index is -4.01. The van der Waals surface area contributed by atoms with Crippen molar-refractivity contribution in [2.75, 3.05) is 27.2 Å². The average molecular weight is 665 g/mol. The molecule has 236 valence electrons. The number of rotatable bonds is 5. The lowest BCUT2D eigenvalue weighted by atomic mass is 9.81. The van der Waals surface area contributed by atoms with Crippen LogP contribution in [0.2, 0.25) is 10.0 Å². The largest absolute Gasteiger partial charge is 0.369 e. The SMILES string of the molecule is CN(C)/C(N)=N/C1=NS(=O)(=O)C2(c3ccc(Cl)cc3)CCC(CC3C=C(c4ccc(Cl)cc4)C(c4ccccc4)C3)CN1CC2. The molecule has 2 bridgehead atoms. The highest BCUT2D eigenvalue weighted by Crippen LogP contribution is 2.48. The lowest BCUT2D eigenvalue weighted by Crippen LogP contribution is -2.42. The van der Waals surface area contributed by atoms with Crippen LogP contribution in [0, 0.1) is 11.8 Å². The second-order valence-corrected chi connectivity index (χ2v) is 15.4. The van der Waals surface area contributed by atoms with E-state index in [1.807, 2.05) is 29.2 Å². The third-order valence-electron chi connectivity index (χ3n) is 9.59. The predicted octanol–water partition coefficient (Wildman–Crippen LogP) is 7.14.